The predicted octanol–water partition coefficient (Wildman–Crippen LogP) is 4.39. The number of nitro benzene ring substituents is 1. The van der Waals surface area contributed by atoms with Gasteiger partial charge in [-0.05, 0) is 19.1 Å². The van der Waals surface area contributed by atoms with Gasteiger partial charge in [0.25, 0.3) is 5.69 Å². The average Bonchev–Trinajstić information content (AvgIpc) is 3.05. The minimum absolute atomic E-state index is 0.00670. The van der Waals surface area contributed by atoms with Crippen LogP contribution in [0.5, 0.6) is 0 Å². The van der Waals surface area contributed by atoms with E-state index in [-0.39, 0.29) is 28.7 Å². The Hall–Kier alpha value is -3.19. The van der Waals surface area contributed by atoms with Crippen molar-refractivity contribution in [1.29, 1.82) is 0 Å². The van der Waals surface area contributed by atoms with Crippen molar-refractivity contribution in [2.24, 2.45) is 0 Å². The topological polar surface area (TPSA) is 98.3 Å². The van der Waals surface area contributed by atoms with Crippen LogP contribution in [0.3, 0.4) is 0 Å². The first-order chi connectivity index (χ1) is 12.4. The second-order valence-electron chi connectivity index (χ2n) is 5.70. The third-order valence-corrected chi connectivity index (χ3v) is 3.98. The Kier molecular flexibility index (Phi) is 4.99. The molecule has 8 heteroatoms. The molecule has 26 heavy (non-hydrogen) atoms. The molecule has 1 N–H and O–H groups in total. The second-order valence-corrected chi connectivity index (χ2v) is 6.10. The third kappa shape index (κ3) is 4.07. The van der Waals surface area contributed by atoms with E-state index in [1.54, 1.807) is 6.07 Å². The Labute approximate surface area is 153 Å². The maximum Gasteiger partial charge on any atom is 0.289 e. The monoisotopic (exact) mass is 371 g/mol. The number of hydrogen-bond acceptors (Lipinski definition) is 5. The molecule has 0 aliphatic carbocycles. The van der Waals surface area contributed by atoms with Crippen molar-refractivity contribution in [2.75, 3.05) is 5.32 Å². The highest BCUT2D eigenvalue weighted by molar-refractivity contribution is 6.32. The van der Waals surface area contributed by atoms with Crippen LogP contribution in [0.1, 0.15) is 11.3 Å². The summed E-state index contributed by atoms with van der Waals surface area (Å²) in [7, 11) is 0. The molecule has 3 aromatic rings. The number of nitrogens with zero attached hydrogens (tertiary/aromatic N) is 2. The number of nitrogens with one attached hydrogen (secondary N) is 1. The lowest BCUT2D eigenvalue weighted by molar-refractivity contribution is -0.384. The molecule has 0 spiro atoms. The number of rotatable bonds is 5. The fraction of sp³-hybridized carbons (Fsp3) is 0.111. The summed E-state index contributed by atoms with van der Waals surface area (Å²) in [5.41, 5.74) is 2.47. The predicted molar refractivity (Wildman–Crippen MR) is 97.1 cm³/mol. The van der Waals surface area contributed by atoms with Gasteiger partial charge in [0.15, 0.2) is 5.76 Å². The zero-order chi connectivity index (χ0) is 18.7. The zero-order valence-electron chi connectivity index (χ0n) is 13.7. The standard InChI is InChI=1S/C18H14ClN3O4/c1-11-2-4-12(5-3-11)17-9-14(21-26-17)10-18(23)20-13-6-7-15(19)16(8-13)22(24)25/h2-9H,10H2,1H3,(H,20,23). The quantitative estimate of drug-likeness (QED) is 0.529. The van der Waals surface area contributed by atoms with Crippen LogP contribution in [0.25, 0.3) is 11.3 Å². The van der Waals surface area contributed by atoms with Crippen LogP contribution < -0.4 is 5.32 Å². The van der Waals surface area contributed by atoms with E-state index in [1.807, 2.05) is 31.2 Å². The van der Waals surface area contributed by atoms with E-state index < -0.39 is 4.92 Å². The number of hydrogen-bond donors (Lipinski definition) is 1. The van der Waals surface area contributed by atoms with Crippen LogP contribution in [0.15, 0.2) is 53.1 Å². The summed E-state index contributed by atoms with van der Waals surface area (Å²) in [5.74, 6) is 0.195. The van der Waals surface area contributed by atoms with E-state index in [0.717, 1.165) is 11.1 Å². The molecule has 0 saturated carbocycles. The van der Waals surface area contributed by atoms with Crippen molar-refractivity contribution >= 4 is 28.9 Å². The molecule has 2 aromatic carbocycles. The molecule has 0 atom stereocenters. The van der Waals surface area contributed by atoms with E-state index >= 15 is 0 Å². The van der Waals surface area contributed by atoms with Crippen molar-refractivity contribution in [3.8, 4) is 11.3 Å². The summed E-state index contributed by atoms with van der Waals surface area (Å²) in [5, 5.41) is 17.4. The highest BCUT2D eigenvalue weighted by Gasteiger charge is 2.15. The molecule has 1 aromatic heterocycles. The van der Waals surface area contributed by atoms with E-state index in [9.17, 15) is 14.9 Å². The first kappa shape index (κ1) is 17.6. The van der Waals surface area contributed by atoms with Crippen LogP contribution >= 0.6 is 11.6 Å². The molecule has 0 radical (unpaired) electrons. The molecule has 0 aliphatic rings. The van der Waals surface area contributed by atoms with Crippen molar-refractivity contribution in [1.82, 2.24) is 5.16 Å². The zero-order valence-corrected chi connectivity index (χ0v) is 14.5. The average molecular weight is 372 g/mol. The molecule has 0 fully saturated rings. The molecule has 3 rings (SSSR count). The van der Waals surface area contributed by atoms with Gasteiger partial charge in [-0.3, -0.25) is 14.9 Å². The van der Waals surface area contributed by atoms with Gasteiger partial charge in [-0.1, -0.05) is 46.6 Å². The lowest BCUT2D eigenvalue weighted by Crippen LogP contribution is -2.14. The molecule has 132 valence electrons. The summed E-state index contributed by atoms with van der Waals surface area (Å²) >= 11 is 5.75. The lowest BCUT2D eigenvalue weighted by Gasteiger charge is -2.04. The largest absolute Gasteiger partial charge is 0.356 e. The molecule has 0 bridgehead atoms. The van der Waals surface area contributed by atoms with Gasteiger partial charge in [0.1, 0.15) is 5.02 Å². The number of aromatic nitrogens is 1. The van der Waals surface area contributed by atoms with Gasteiger partial charge in [-0.25, -0.2) is 0 Å². The fourth-order valence-electron chi connectivity index (χ4n) is 2.35. The Morgan fingerprint density at radius 1 is 1.23 bits per heavy atom. The Balaban J connectivity index is 1.68. The molecule has 1 heterocycles. The minimum atomic E-state index is -0.608. The normalized spacial score (nSPS) is 10.5. The van der Waals surface area contributed by atoms with Gasteiger partial charge in [0.2, 0.25) is 5.91 Å². The Morgan fingerprint density at radius 3 is 2.65 bits per heavy atom. The molecule has 7 nitrogen and oxygen atoms in total. The summed E-state index contributed by atoms with van der Waals surface area (Å²) in [6.45, 7) is 1.99. The molecular weight excluding hydrogens is 358 g/mol. The van der Waals surface area contributed by atoms with Gasteiger partial charge in [-0.15, -0.1) is 0 Å². The van der Waals surface area contributed by atoms with Crippen molar-refractivity contribution < 1.29 is 14.2 Å². The van der Waals surface area contributed by atoms with Crippen LogP contribution in [-0.2, 0) is 11.2 Å². The highest BCUT2D eigenvalue weighted by atomic mass is 35.5. The number of nitro groups is 1. The number of halogens is 1. The van der Waals surface area contributed by atoms with Crippen molar-refractivity contribution in [3.63, 3.8) is 0 Å². The summed E-state index contributed by atoms with van der Waals surface area (Å²) < 4.78 is 5.27. The Morgan fingerprint density at radius 2 is 1.96 bits per heavy atom. The number of anilines is 1. The van der Waals surface area contributed by atoms with Crippen LogP contribution in [0.4, 0.5) is 11.4 Å². The van der Waals surface area contributed by atoms with Crippen molar-refractivity contribution in [2.45, 2.75) is 13.3 Å². The van der Waals surface area contributed by atoms with Gasteiger partial charge in [-0.2, -0.15) is 0 Å². The van der Waals surface area contributed by atoms with E-state index in [0.29, 0.717) is 11.5 Å². The fourth-order valence-corrected chi connectivity index (χ4v) is 2.54. The summed E-state index contributed by atoms with van der Waals surface area (Å²) in [6.07, 6.45) is -0.0220. The number of aryl methyl sites for hydroxylation is 1. The van der Waals surface area contributed by atoms with E-state index in [4.69, 9.17) is 16.1 Å². The van der Waals surface area contributed by atoms with Crippen molar-refractivity contribution in [3.05, 3.63) is 74.9 Å². The highest BCUT2D eigenvalue weighted by Crippen LogP contribution is 2.27. The second kappa shape index (κ2) is 7.37. The number of carbonyl (C=O) groups excluding carboxylic acids is 1. The maximum atomic E-state index is 12.1. The first-order valence-corrected chi connectivity index (χ1v) is 8.06. The van der Waals surface area contributed by atoms with E-state index in [1.165, 1.54) is 18.2 Å². The van der Waals surface area contributed by atoms with Gasteiger partial charge >= 0.3 is 0 Å². The number of benzene rings is 2. The smallest absolute Gasteiger partial charge is 0.289 e. The molecule has 0 aliphatic heterocycles. The maximum absolute atomic E-state index is 12.1. The van der Waals surface area contributed by atoms with Gasteiger partial charge in [0.05, 0.1) is 17.0 Å². The van der Waals surface area contributed by atoms with Gasteiger partial charge in [0, 0.05) is 23.4 Å². The van der Waals surface area contributed by atoms with E-state index in [2.05, 4.69) is 10.5 Å². The third-order valence-electron chi connectivity index (χ3n) is 3.66. The molecule has 1 amide bonds. The van der Waals surface area contributed by atoms with Crippen LogP contribution in [-0.4, -0.2) is 16.0 Å². The number of amides is 1. The summed E-state index contributed by atoms with van der Waals surface area (Å²) in [4.78, 5) is 22.4. The van der Waals surface area contributed by atoms with Crippen LogP contribution in [0.2, 0.25) is 5.02 Å². The first-order valence-electron chi connectivity index (χ1n) is 7.69. The molecule has 0 saturated heterocycles. The number of carbonyl (C=O) groups is 1. The SMILES string of the molecule is Cc1ccc(-c2cc(CC(=O)Nc3ccc(Cl)c([N+](=O)[O-])c3)no2)cc1. The summed E-state index contributed by atoms with van der Waals surface area (Å²) in [6, 6.07) is 13.5. The minimum Gasteiger partial charge on any atom is -0.356 e. The molecular formula is C18H14ClN3O4. The lowest BCUT2D eigenvalue weighted by atomic mass is 10.1. The Bertz CT molecular complexity index is 967. The molecule has 0 unspecified atom stereocenters. The van der Waals surface area contributed by atoms with Gasteiger partial charge < -0.3 is 9.84 Å². The van der Waals surface area contributed by atoms with Crippen LogP contribution in [0, 0.1) is 17.0 Å².